The summed E-state index contributed by atoms with van der Waals surface area (Å²) in [6, 6.07) is 7.62. The zero-order chi connectivity index (χ0) is 12.8. The summed E-state index contributed by atoms with van der Waals surface area (Å²) in [5.41, 5.74) is 0. The molecule has 0 aromatic heterocycles. The van der Waals surface area contributed by atoms with Crippen molar-refractivity contribution in [2.24, 2.45) is 0 Å². The highest BCUT2D eigenvalue weighted by atomic mass is 32.2. The topological polar surface area (TPSA) is 12.0 Å². The number of halogens is 1. The molecule has 0 heterocycles. The number of hydrogen-bond acceptors (Lipinski definition) is 2. The lowest BCUT2D eigenvalue weighted by atomic mass is 9.95. The fourth-order valence-corrected chi connectivity index (χ4v) is 3.85. The van der Waals surface area contributed by atoms with E-state index in [0.717, 1.165) is 11.4 Å². The van der Waals surface area contributed by atoms with E-state index in [1.807, 2.05) is 17.8 Å². The molecule has 1 fully saturated rings. The van der Waals surface area contributed by atoms with Crippen LogP contribution in [-0.4, -0.2) is 17.8 Å². The summed E-state index contributed by atoms with van der Waals surface area (Å²) >= 11 is 1.84. The van der Waals surface area contributed by atoms with Gasteiger partial charge in [0, 0.05) is 16.2 Å². The lowest BCUT2D eigenvalue weighted by Crippen LogP contribution is -2.35. The summed E-state index contributed by atoms with van der Waals surface area (Å²) in [4.78, 5) is 1.07. The molecule has 0 radical (unpaired) electrons. The van der Waals surface area contributed by atoms with Crippen LogP contribution < -0.4 is 5.32 Å². The number of nitrogens with one attached hydrogen (secondary N) is 1. The molecule has 2 atom stereocenters. The molecule has 1 aromatic rings. The summed E-state index contributed by atoms with van der Waals surface area (Å²) < 4.78 is 13.1. The molecule has 0 aliphatic heterocycles. The van der Waals surface area contributed by atoms with Crippen LogP contribution in [0.2, 0.25) is 0 Å². The van der Waals surface area contributed by atoms with Crippen molar-refractivity contribution in [3.8, 4) is 0 Å². The van der Waals surface area contributed by atoms with Gasteiger partial charge in [-0.05, 0) is 50.4 Å². The third kappa shape index (κ3) is 4.29. The van der Waals surface area contributed by atoms with Gasteiger partial charge in [0.25, 0.3) is 0 Å². The van der Waals surface area contributed by atoms with E-state index < -0.39 is 0 Å². The standard InChI is InChI=1S/C15H22FNS/c1-2-9-17-13-6-4-8-15(11-13)18-14-7-3-5-12(16)10-14/h3,5,7,10,13,15,17H,2,4,6,8-9,11H2,1H3. The average Bonchev–Trinajstić information content (AvgIpc) is 2.37. The third-order valence-electron chi connectivity index (χ3n) is 3.41. The Morgan fingerprint density at radius 1 is 1.39 bits per heavy atom. The van der Waals surface area contributed by atoms with Gasteiger partial charge in [-0.1, -0.05) is 19.4 Å². The molecule has 0 spiro atoms. The van der Waals surface area contributed by atoms with E-state index in [1.54, 1.807) is 12.1 Å². The lowest BCUT2D eigenvalue weighted by Gasteiger charge is -2.29. The van der Waals surface area contributed by atoms with Gasteiger partial charge >= 0.3 is 0 Å². The molecular weight excluding hydrogens is 245 g/mol. The molecule has 2 rings (SSSR count). The Morgan fingerprint density at radius 3 is 3.06 bits per heavy atom. The normalized spacial score (nSPS) is 24.1. The van der Waals surface area contributed by atoms with Gasteiger partial charge in [-0.15, -0.1) is 11.8 Å². The Morgan fingerprint density at radius 2 is 2.28 bits per heavy atom. The second-order valence-corrected chi connectivity index (χ2v) is 6.39. The Hall–Kier alpha value is -0.540. The second-order valence-electron chi connectivity index (χ2n) is 5.01. The molecular formula is C15H22FNS. The monoisotopic (exact) mass is 267 g/mol. The quantitative estimate of drug-likeness (QED) is 0.857. The van der Waals surface area contributed by atoms with Crippen molar-refractivity contribution in [1.29, 1.82) is 0 Å². The van der Waals surface area contributed by atoms with Crippen molar-refractivity contribution in [2.75, 3.05) is 6.54 Å². The van der Waals surface area contributed by atoms with Gasteiger partial charge < -0.3 is 5.32 Å². The highest BCUT2D eigenvalue weighted by molar-refractivity contribution is 8.00. The first-order valence-corrected chi connectivity index (χ1v) is 7.81. The zero-order valence-corrected chi connectivity index (χ0v) is 11.8. The van der Waals surface area contributed by atoms with Crippen LogP contribution in [0.25, 0.3) is 0 Å². The van der Waals surface area contributed by atoms with E-state index in [4.69, 9.17) is 0 Å². The van der Waals surface area contributed by atoms with E-state index in [-0.39, 0.29) is 5.82 Å². The molecule has 1 saturated carbocycles. The van der Waals surface area contributed by atoms with Crippen LogP contribution in [0.3, 0.4) is 0 Å². The van der Waals surface area contributed by atoms with Gasteiger partial charge in [-0.3, -0.25) is 0 Å². The molecule has 1 N–H and O–H groups in total. The Labute approximate surface area is 114 Å². The molecule has 1 nitrogen and oxygen atoms in total. The van der Waals surface area contributed by atoms with E-state index in [0.29, 0.717) is 11.3 Å². The Kier molecular flexibility index (Phi) is 5.51. The molecule has 100 valence electrons. The molecule has 0 saturated heterocycles. The van der Waals surface area contributed by atoms with Crippen molar-refractivity contribution in [1.82, 2.24) is 5.32 Å². The average molecular weight is 267 g/mol. The van der Waals surface area contributed by atoms with Crippen molar-refractivity contribution in [3.63, 3.8) is 0 Å². The first-order chi connectivity index (χ1) is 8.78. The van der Waals surface area contributed by atoms with Crippen LogP contribution >= 0.6 is 11.8 Å². The van der Waals surface area contributed by atoms with Crippen LogP contribution in [0.5, 0.6) is 0 Å². The summed E-state index contributed by atoms with van der Waals surface area (Å²) in [5, 5.41) is 4.25. The van der Waals surface area contributed by atoms with Crippen LogP contribution in [0, 0.1) is 5.82 Å². The SMILES string of the molecule is CCCNC1CCCC(Sc2cccc(F)c2)C1. The zero-order valence-electron chi connectivity index (χ0n) is 11.0. The largest absolute Gasteiger partial charge is 0.314 e. The van der Waals surface area contributed by atoms with Gasteiger partial charge in [0.05, 0.1) is 0 Å². The van der Waals surface area contributed by atoms with E-state index >= 15 is 0 Å². The van der Waals surface area contributed by atoms with Crippen molar-refractivity contribution in [2.45, 2.75) is 55.2 Å². The van der Waals surface area contributed by atoms with Gasteiger partial charge in [-0.25, -0.2) is 4.39 Å². The molecule has 1 aromatic carbocycles. The number of benzene rings is 1. The Balaban J connectivity index is 1.85. The molecule has 3 heteroatoms. The molecule has 0 bridgehead atoms. The minimum Gasteiger partial charge on any atom is -0.314 e. The summed E-state index contributed by atoms with van der Waals surface area (Å²) in [7, 11) is 0. The molecule has 0 amide bonds. The van der Waals surface area contributed by atoms with Crippen molar-refractivity contribution in [3.05, 3.63) is 30.1 Å². The van der Waals surface area contributed by atoms with Crippen LogP contribution in [0.1, 0.15) is 39.0 Å². The molecule has 2 unspecified atom stereocenters. The fraction of sp³-hybridized carbons (Fsp3) is 0.600. The highest BCUT2D eigenvalue weighted by Gasteiger charge is 2.22. The smallest absolute Gasteiger partial charge is 0.124 e. The number of thioether (sulfide) groups is 1. The first-order valence-electron chi connectivity index (χ1n) is 6.93. The van der Waals surface area contributed by atoms with Gasteiger partial charge in [0.1, 0.15) is 5.82 Å². The van der Waals surface area contributed by atoms with E-state index in [1.165, 1.54) is 38.2 Å². The molecule has 1 aliphatic carbocycles. The second kappa shape index (κ2) is 7.15. The number of rotatable bonds is 5. The van der Waals surface area contributed by atoms with E-state index in [9.17, 15) is 4.39 Å². The minimum absolute atomic E-state index is 0.128. The predicted octanol–water partition coefficient (Wildman–Crippen LogP) is 4.23. The maximum absolute atomic E-state index is 13.1. The highest BCUT2D eigenvalue weighted by Crippen LogP contribution is 2.33. The maximum atomic E-state index is 13.1. The molecule has 18 heavy (non-hydrogen) atoms. The molecule has 1 aliphatic rings. The lowest BCUT2D eigenvalue weighted by molar-refractivity contribution is 0.381. The predicted molar refractivity (Wildman–Crippen MR) is 76.6 cm³/mol. The van der Waals surface area contributed by atoms with Gasteiger partial charge in [0.15, 0.2) is 0 Å². The fourth-order valence-electron chi connectivity index (χ4n) is 2.52. The number of hydrogen-bond donors (Lipinski definition) is 1. The summed E-state index contributed by atoms with van der Waals surface area (Å²) in [6.45, 7) is 3.32. The van der Waals surface area contributed by atoms with Crippen molar-refractivity contribution >= 4 is 11.8 Å². The van der Waals surface area contributed by atoms with Crippen LogP contribution in [-0.2, 0) is 0 Å². The van der Waals surface area contributed by atoms with Crippen LogP contribution in [0.4, 0.5) is 4.39 Å². The van der Waals surface area contributed by atoms with Gasteiger partial charge in [0.2, 0.25) is 0 Å². The third-order valence-corrected chi connectivity index (χ3v) is 4.70. The van der Waals surface area contributed by atoms with Crippen LogP contribution in [0.15, 0.2) is 29.2 Å². The summed E-state index contributed by atoms with van der Waals surface area (Å²) in [5.74, 6) is -0.128. The van der Waals surface area contributed by atoms with E-state index in [2.05, 4.69) is 12.2 Å². The summed E-state index contributed by atoms with van der Waals surface area (Å²) in [6.07, 6.45) is 6.24. The first kappa shape index (κ1) is 13.9. The van der Waals surface area contributed by atoms with Crippen molar-refractivity contribution < 1.29 is 4.39 Å². The maximum Gasteiger partial charge on any atom is 0.124 e. The minimum atomic E-state index is -0.128. The van der Waals surface area contributed by atoms with Gasteiger partial charge in [-0.2, -0.15) is 0 Å². The Bertz CT molecular complexity index is 369.